The Morgan fingerprint density at radius 1 is 1.32 bits per heavy atom. The van der Waals surface area contributed by atoms with E-state index >= 15 is 0 Å². The summed E-state index contributed by atoms with van der Waals surface area (Å²) in [6.45, 7) is 6.32. The van der Waals surface area contributed by atoms with Gasteiger partial charge in [0.2, 0.25) is 0 Å². The van der Waals surface area contributed by atoms with Gasteiger partial charge in [-0.15, -0.1) is 0 Å². The number of alkyl halides is 1. The molecule has 1 aromatic rings. The van der Waals surface area contributed by atoms with Gasteiger partial charge >= 0.3 is 0 Å². The smallest absolute Gasteiger partial charge is 0.146 e. The van der Waals surface area contributed by atoms with Crippen molar-refractivity contribution < 1.29 is 14.2 Å². The third kappa shape index (κ3) is 5.17. The largest absolute Gasteiger partial charge is 0.490 e. The molecule has 0 fully saturated rings. The Bertz CT molecular complexity index is 402. The minimum Gasteiger partial charge on any atom is -0.490 e. The number of halogens is 1. The lowest BCUT2D eigenvalue weighted by Gasteiger charge is -2.21. The molecule has 0 amide bonds. The van der Waals surface area contributed by atoms with Crippen LogP contribution in [0.3, 0.4) is 0 Å². The van der Waals surface area contributed by atoms with Crippen LogP contribution in [0.5, 0.6) is 5.75 Å². The number of ether oxygens (including phenoxy) is 1. The van der Waals surface area contributed by atoms with Crippen LogP contribution in [0, 0.1) is 0 Å². The highest BCUT2D eigenvalue weighted by Gasteiger charge is 2.16. The van der Waals surface area contributed by atoms with Gasteiger partial charge in [-0.25, -0.2) is 4.39 Å². The fourth-order valence-corrected chi connectivity index (χ4v) is 1.71. The van der Waals surface area contributed by atoms with Gasteiger partial charge in [-0.1, -0.05) is 26.8 Å². The maximum Gasteiger partial charge on any atom is 0.146 e. The Labute approximate surface area is 114 Å². The second-order valence-corrected chi connectivity index (χ2v) is 5.73. The van der Waals surface area contributed by atoms with Crippen molar-refractivity contribution in [3.05, 3.63) is 29.3 Å². The van der Waals surface area contributed by atoms with Crippen molar-refractivity contribution in [1.29, 1.82) is 0 Å². The van der Waals surface area contributed by atoms with Gasteiger partial charge < -0.3 is 15.6 Å². The number of nitrogens with two attached hydrogens (primary N) is 1. The van der Waals surface area contributed by atoms with Gasteiger partial charge in [-0.05, 0) is 35.1 Å². The van der Waals surface area contributed by atoms with Crippen LogP contribution in [-0.4, -0.2) is 31.0 Å². The molecule has 3 nitrogen and oxygen atoms in total. The fraction of sp³-hybridized carbons (Fsp3) is 0.600. The SMILES string of the molecule is CC(C)(C)c1cc(CCO)cc(OC[C@H](F)CN)c1. The second-order valence-electron chi connectivity index (χ2n) is 5.73. The number of aliphatic hydroxyl groups excluding tert-OH is 1. The molecule has 19 heavy (non-hydrogen) atoms. The molecule has 0 bridgehead atoms. The van der Waals surface area contributed by atoms with E-state index in [-0.39, 0.29) is 25.2 Å². The summed E-state index contributed by atoms with van der Waals surface area (Å²) in [5, 5.41) is 9.04. The first-order chi connectivity index (χ1) is 8.86. The Hall–Kier alpha value is -1.13. The molecule has 0 spiro atoms. The summed E-state index contributed by atoms with van der Waals surface area (Å²) in [6.07, 6.45) is -0.587. The first kappa shape index (κ1) is 15.9. The van der Waals surface area contributed by atoms with Crippen molar-refractivity contribution in [2.24, 2.45) is 5.73 Å². The molecule has 0 saturated carbocycles. The quantitative estimate of drug-likeness (QED) is 0.832. The molecular weight excluding hydrogens is 245 g/mol. The van der Waals surface area contributed by atoms with Gasteiger partial charge in [-0.2, -0.15) is 0 Å². The Balaban J connectivity index is 2.93. The first-order valence-electron chi connectivity index (χ1n) is 6.59. The summed E-state index contributed by atoms with van der Waals surface area (Å²) in [4.78, 5) is 0. The molecule has 0 saturated heterocycles. The van der Waals surface area contributed by atoms with E-state index in [1.807, 2.05) is 12.1 Å². The van der Waals surface area contributed by atoms with Crippen molar-refractivity contribution in [2.45, 2.75) is 38.8 Å². The third-order valence-electron chi connectivity index (χ3n) is 2.92. The highest BCUT2D eigenvalue weighted by Crippen LogP contribution is 2.28. The van der Waals surface area contributed by atoms with Gasteiger partial charge in [0.15, 0.2) is 0 Å². The van der Waals surface area contributed by atoms with Crippen molar-refractivity contribution >= 4 is 0 Å². The number of hydrogen-bond donors (Lipinski definition) is 2. The van der Waals surface area contributed by atoms with Crippen LogP contribution in [0.4, 0.5) is 4.39 Å². The Morgan fingerprint density at radius 2 is 2.00 bits per heavy atom. The van der Waals surface area contributed by atoms with E-state index < -0.39 is 6.17 Å². The number of hydrogen-bond acceptors (Lipinski definition) is 3. The van der Waals surface area contributed by atoms with E-state index in [9.17, 15) is 4.39 Å². The van der Waals surface area contributed by atoms with Gasteiger partial charge in [0.25, 0.3) is 0 Å². The maximum absolute atomic E-state index is 13.1. The molecule has 0 aliphatic rings. The molecule has 1 rings (SSSR count). The van der Waals surface area contributed by atoms with Crippen LogP contribution in [-0.2, 0) is 11.8 Å². The van der Waals surface area contributed by atoms with Crippen molar-refractivity contribution in [1.82, 2.24) is 0 Å². The summed E-state index contributed by atoms with van der Waals surface area (Å²) in [6, 6.07) is 5.82. The summed E-state index contributed by atoms with van der Waals surface area (Å²) in [5.74, 6) is 0.631. The highest BCUT2D eigenvalue weighted by atomic mass is 19.1. The predicted octanol–water partition coefficient (Wildman–Crippen LogP) is 2.19. The maximum atomic E-state index is 13.1. The van der Waals surface area contributed by atoms with E-state index in [2.05, 4.69) is 26.8 Å². The van der Waals surface area contributed by atoms with Crippen LogP contribution in [0.2, 0.25) is 0 Å². The van der Waals surface area contributed by atoms with Crippen LogP contribution in [0.1, 0.15) is 31.9 Å². The van der Waals surface area contributed by atoms with E-state index in [0.717, 1.165) is 11.1 Å². The molecule has 4 heteroatoms. The van der Waals surface area contributed by atoms with E-state index in [1.54, 1.807) is 0 Å². The lowest BCUT2D eigenvalue weighted by Crippen LogP contribution is -2.22. The van der Waals surface area contributed by atoms with E-state index in [0.29, 0.717) is 12.2 Å². The molecule has 1 atom stereocenters. The lowest BCUT2D eigenvalue weighted by molar-refractivity contribution is 0.200. The molecule has 108 valence electrons. The van der Waals surface area contributed by atoms with Crippen molar-refractivity contribution in [3.8, 4) is 5.75 Å². The Morgan fingerprint density at radius 3 is 2.53 bits per heavy atom. The van der Waals surface area contributed by atoms with Crippen LogP contribution < -0.4 is 10.5 Å². The van der Waals surface area contributed by atoms with E-state index in [1.165, 1.54) is 0 Å². The minimum absolute atomic E-state index is 0.0213. The highest BCUT2D eigenvalue weighted by molar-refractivity contribution is 5.38. The van der Waals surface area contributed by atoms with Gasteiger partial charge in [-0.3, -0.25) is 0 Å². The van der Waals surface area contributed by atoms with Gasteiger partial charge in [0, 0.05) is 13.2 Å². The molecule has 0 aliphatic carbocycles. The molecular formula is C15H24FNO2. The van der Waals surface area contributed by atoms with Gasteiger partial charge in [0.1, 0.15) is 18.5 Å². The second kappa shape index (κ2) is 6.87. The first-order valence-corrected chi connectivity index (χ1v) is 6.59. The molecule has 0 radical (unpaired) electrons. The zero-order valence-electron chi connectivity index (χ0n) is 11.9. The summed E-state index contributed by atoms with van der Waals surface area (Å²) < 4.78 is 18.6. The Kier molecular flexibility index (Phi) is 5.76. The third-order valence-corrected chi connectivity index (χ3v) is 2.92. The van der Waals surface area contributed by atoms with Crippen LogP contribution >= 0.6 is 0 Å². The summed E-state index contributed by atoms with van der Waals surface area (Å²) in [7, 11) is 0. The monoisotopic (exact) mass is 269 g/mol. The standard InChI is InChI=1S/C15H24FNO2/c1-15(2,3)12-6-11(4-5-18)7-14(8-12)19-10-13(16)9-17/h6-8,13,18H,4-5,9-10,17H2,1-3H3/t13-/m1/s1. The molecule has 0 unspecified atom stereocenters. The fourth-order valence-electron chi connectivity index (χ4n) is 1.71. The molecule has 3 N–H and O–H groups in total. The summed E-state index contributed by atoms with van der Waals surface area (Å²) >= 11 is 0. The number of benzene rings is 1. The van der Waals surface area contributed by atoms with Crippen LogP contribution in [0.15, 0.2) is 18.2 Å². The van der Waals surface area contributed by atoms with E-state index in [4.69, 9.17) is 15.6 Å². The van der Waals surface area contributed by atoms with Crippen molar-refractivity contribution in [2.75, 3.05) is 19.8 Å². The normalized spacial score (nSPS) is 13.4. The number of aliphatic hydroxyl groups is 1. The minimum atomic E-state index is -1.15. The van der Waals surface area contributed by atoms with Crippen LogP contribution in [0.25, 0.3) is 0 Å². The zero-order valence-corrected chi connectivity index (χ0v) is 11.9. The average Bonchev–Trinajstić information content (AvgIpc) is 2.35. The number of rotatable bonds is 6. The predicted molar refractivity (Wildman–Crippen MR) is 75.4 cm³/mol. The van der Waals surface area contributed by atoms with Crippen molar-refractivity contribution in [3.63, 3.8) is 0 Å². The molecule has 1 aromatic carbocycles. The van der Waals surface area contributed by atoms with Gasteiger partial charge in [0.05, 0.1) is 0 Å². The summed E-state index contributed by atoms with van der Waals surface area (Å²) in [5.41, 5.74) is 7.31. The topological polar surface area (TPSA) is 55.5 Å². The lowest BCUT2D eigenvalue weighted by atomic mass is 9.85. The zero-order chi connectivity index (χ0) is 14.5. The molecule has 0 aliphatic heterocycles. The molecule has 0 aromatic heterocycles. The molecule has 0 heterocycles. The average molecular weight is 269 g/mol.